The number of β-amino-alcohol motifs (C(OH)–C–C–N with tert-alkyl or cyclic N) is 1. The average molecular weight is 651 g/mol. The third-order valence-corrected chi connectivity index (χ3v) is 9.49. The molecule has 1 aromatic heterocycles. The van der Waals surface area contributed by atoms with E-state index in [1.54, 1.807) is 54.6 Å². The summed E-state index contributed by atoms with van der Waals surface area (Å²) < 4.78 is 39.1. The number of fused-ring (bicyclic) bond motifs is 1. The van der Waals surface area contributed by atoms with Crippen LogP contribution in [0.1, 0.15) is 22.3 Å². The maximum atomic E-state index is 13.6. The van der Waals surface area contributed by atoms with Crippen LogP contribution in [0.5, 0.6) is 0 Å². The number of carbonyl (C=O) groups is 3. The molecule has 15 heteroatoms. The van der Waals surface area contributed by atoms with Gasteiger partial charge in [0.2, 0.25) is 15.8 Å². The number of nitrogen functional groups attached to an aromatic ring is 1. The van der Waals surface area contributed by atoms with Gasteiger partial charge in [-0.3, -0.25) is 23.7 Å². The summed E-state index contributed by atoms with van der Waals surface area (Å²) in [6.45, 7) is -2.41. The van der Waals surface area contributed by atoms with Crippen LogP contribution in [0.3, 0.4) is 0 Å². The number of methoxy groups -OCH3 is 1. The second-order valence-corrected chi connectivity index (χ2v) is 12.5. The molecule has 5 rings (SSSR count). The summed E-state index contributed by atoms with van der Waals surface area (Å²) in [5.41, 5.74) is 3.86. The van der Waals surface area contributed by atoms with Crippen molar-refractivity contribution in [2.45, 2.75) is 36.6 Å². The van der Waals surface area contributed by atoms with E-state index < -0.39 is 82.2 Å². The third kappa shape index (κ3) is 6.33. The number of anilines is 1. The first kappa shape index (κ1) is 32.3. The summed E-state index contributed by atoms with van der Waals surface area (Å²) in [5, 5.41) is 11.8. The molecule has 4 aromatic rings. The number of hydrogen-bond donors (Lipinski definition) is 2. The molecule has 46 heavy (non-hydrogen) atoms. The van der Waals surface area contributed by atoms with Crippen molar-refractivity contribution >= 4 is 44.3 Å². The fourth-order valence-corrected chi connectivity index (χ4v) is 6.92. The van der Waals surface area contributed by atoms with Gasteiger partial charge in [-0.1, -0.05) is 60.7 Å². The quantitative estimate of drug-likeness (QED) is 0.179. The van der Waals surface area contributed by atoms with Gasteiger partial charge in [-0.05, 0) is 28.5 Å². The normalized spacial score (nSPS) is 16.7. The SMILES string of the molecule is COC(=O)Cn1c(=O)c(C(=O)COC(=O)[C@@H]2C[C@@H](O)CN2S(=O)(=O)c2ccc3ccccc3c2)c(N)n(Cc2ccccc2)c1=O. The van der Waals surface area contributed by atoms with Gasteiger partial charge < -0.3 is 20.3 Å². The summed E-state index contributed by atoms with van der Waals surface area (Å²) in [7, 11) is -3.23. The number of ether oxygens (including phenoxy) is 2. The number of sulfonamides is 1. The molecule has 240 valence electrons. The van der Waals surface area contributed by atoms with Gasteiger partial charge in [0.1, 0.15) is 24.0 Å². The molecular formula is C31H30N4O10S. The van der Waals surface area contributed by atoms with Crippen molar-refractivity contribution in [3.05, 3.63) is 105 Å². The van der Waals surface area contributed by atoms with Crippen LogP contribution < -0.4 is 17.0 Å². The van der Waals surface area contributed by atoms with Gasteiger partial charge in [0, 0.05) is 13.0 Å². The highest BCUT2D eigenvalue weighted by atomic mass is 32.2. The first-order valence-electron chi connectivity index (χ1n) is 14.0. The molecule has 0 bridgehead atoms. The Hall–Kier alpha value is -5.12. The fraction of sp³-hybridized carbons (Fsp3) is 0.258. The number of Topliss-reactive ketones (excluding diaryl/α,β-unsaturated/α-hetero) is 1. The number of carbonyl (C=O) groups excluding carboxylic acids is 3. The molecule has 0 saturated carbocycles. The van der Waals surface area contributed by atoms with Gasteiger partial charge in [0.25, 0.3) is 5.56 Å². The van der Waals surface area contributed by atoms with E-state index in [4.69, 9.17) is 10.5 Å². The molecule has 0 spiro atoms. The van der Waals surface area contributed by atoms with E-state index in [1.807, 2.05) is 6.07 Å². The summed E-state index contributed by atoms with van der Waals surface area (Å²) in [6.07, 6.45) is -1.48. The van der Waals surface area contributed by atoms with Crippen molar-refractivity contribution in [2.24, 2.45) is 0 Å². The van der Waals surface area contributed by atoms with Gasteiger partial charge in [0.05, 0.1) is 24.7 Å². The second-order valence-electron chi connectivity index (χ2n) is 10.6. The van der Waals surface area contributed by atoms with Crippen LogP contribution >= 0.6 is 0 Å². The summed E-state index contributed by atoms with van der Waals surface area (Å²) in [5.74, 6) is -3.69. The highest BCUT2D eigenvalue weighted by Gasteiger charge is 2.44. The van der Waals surface area contributed by atoms with E-state index >= 15 is 0 Å². The Morgan fingerprint density at radius 1 is 0.957 bits per heavy atom. The maximum Gasteiger partial charge on any atom is 0.333 e. The second kappa shape index (κ2) is 13.1. The minimum absolute atomic E-state index is 0.103. The lowest BCUT2D eigenvalue weighted by Gasteiger charge is -2.22. The van der Waals surface area contributed by atoms with Crippen molar-refractivity contribution in [1.29, 1.82) is 0 Å². The Kier molecular flexibility index (Phi) is 9.18. The summed E-state index contributed by atoms with van der Waals surface area (Å²) >= 11 is 0. The van der Waals surface area contributed by atoms with Crippen LogP contribution in [-0.4, -0.2) is 77.1 Å². The number of aromatic nitrogens is 2. The standard InChI is InChI=1S/C31H30N4O10S/c1-44-26(38)17-34-29(39)27(28(32)33(31(34)41)15-19-7-3-2-4-8-19)25(37)18-45-30(40)24-14-22(36)16-35(24)46(42,43)23-12-11-20-9-5-6-10-21(20)13-23/h2-13,22,24,36H,14-18,32H2,1H3/t22-,24+/m1/s1. The van der Waals surface area contributed by atoms with Gasteiger partial charge >= 0.3 is 17.6 Å². The summed E-state index contributed by atoms with van der Waals surface area (Å²) in [6, 6.07) is 18.6. The Balaban J connectivity index is 1.41. The minimum atomic E-state index is -4.29. The van der Waals surface area contributed by atoms with Crippen LogP contribution in [0.25, 0.3) is 10.8 Å². The van der Waals surface area contributed by atoms with Crippen LogP contribution in [0.4, 0.5) is 5.82 Å². The average Bonchev–Trinajstić information content (AvgIpc) is 3.46. The molecule has 3 aromatic carbocycles. The Morgan fingerprint density at radius 2 is 1.63 bits per heavy atom. The molecule has 2 atom stereocenters. The molecule has 3 N–H and O–H groups in total. The van der Waals surface area contributed by atoms with Crippen LogP contribution in [0.2, 0.25) is 0 Å². The molecule has 1 aliphatic heterocycles. The van der Waals surface area contributed by atoms with Gasteiger partial charge in [-0.25, -0.2) is 17.8 Å². The number of aliphatic hydroxyl groups excluding tert-OH is 1. The smallest absolute Gasteiger partial charge is 0.333 e. The molecule has 0 aliphatic carbocycles. The van der Waals surface area contributed by atoms with Gasteiger partial charge in [-0.15, -0.1) is 0 Å². The number of esters is 2. The van der Waals surface area contributed by atoms with Crippen molar-refractivity contribution in [2.75, 3.05) is 26.0 Å². The molecule has 1 fully saturated rings. The number of benzene rings is 3. The maximum absolute atomic E-state index is 13.6. The van der Waals surface area contributed by atoms with Crippen LogP contribution in [0.15, 0.2) is 87.3 Å². The van der Waals surface area contributed by atoms with Gasteiger partial charge in [-0.2, -0.15) is 4.31 Å². The highest BCUT2D eigenvalue weighted by Crippen LogP contribution is 2.29. The molecule has 0 radical (unpaired) electrons. The predicted octanol–water partition coefficient (Wildman–Crippen LogP) is 0.517. The van der Waals surface area contributed by atoms with Crippen molar-refractivity contribution in [3.63, 3.8) is 0 Å². The number of ketones is 1. The van der Waals surface area contributed by atoms with E-state index in [2.05, 4.69) is 4.74 Å². The Labute approximate surface area is 262 Å². The third-order valence-electron chi connectivity index (χ3n) is 7.62. The molecule has 0 unspecified atom stereocenters. The molecule has 0 amide bonds. The zero-order valence-electron chi connectivity index (χ0n) is 24.6. The molecule has 1 aliphatic rings. The largest absolute Gasteiger partial charge is 0.468 e. The monoisotopic (exact) mass is 650 g/mol. The number of rotatable bonds is 10. The zero-order valence-corrected chi connectivity index (χ0v) is 25.4. The van der Waals surface area contributed by atoms with Crippen LogP contribution in [0, 0.1) is 0 Å². The molecule has 14 nitrogen and oxygen atoms in total. The number of hydrogen-bond acceptors (Lipinski definition) is 11. The molecular weight excluding hydrogens is 620 g/mol. The van der Waals surface area contributed by atoms with E-state index in [1.165, 1.54) is 12.1 Å². The van der Waals surface area contributed by atoms with E-state index in [0.29, 0.717) is 15.5 Å². The topological polar surface area (TPSA) is 197 Å². The number of nitrogens with zero attached hydrogens (tertiary/aromatic N) is 3. The molecule has 1 saturated heterocycles. The first-order chi connectivity index (χ1) is 21.9. The zero-order chi connectivity index (χ0) is 33.2. The lowest BCUT2D eigenvalue weighted by Crippen LogP contribution is -2.46. The fourth-order valence-electron chi connectivity index (χ4n) is 5.26. The Morgan fingerprint density at radius 3 is 2.33 bits per heavy atom. The van der Waals surface area contributed by atoms with Crippen molar-refractivity contribution in [3.8, 4) is 0 Å². The lowest BCUT2D eigenvalue weighted by molar-refractivity contribution is -0.146. The van der Waals surface area contributed by atoms with Crippen molar-refractivity contribution in [1.82, 2.24) is 13.4 Å². The lowest BCUT2D eigenvalue weighted by atomic mass is 10.1. The van der Waals surface area contributed by atoms with E-state index in [9.17, 15) is 37.5 Å². The van der Waals surface area contributed by atoms with Crippen LogP contribution in [-0.2, 0) is 42.2 Å². The minimum Gasteiger partial charge on any atom is -0.468 e. The van der Waals surface area contributed by atoms with Crippen molar-refractivity contribution < 1.29 is 37.4 Å². The van der Waals surface area contributed by atoms with E-state index in [-0.39, 0.29) is 17.9 Å². The first-order valence-corrected chi connectivity index (χ1v) is 15.5. The molecule has 2 heterocycles. The summed E-state index contributed by atoms with van der Waals surface area (Å²) in [4.78, 5) is 64.9. The Bertz CT molecular complexity index is 2060. The van der Waals surface area contributed by atoms with Gasteiger partial charge in [0.15, 0.2) is 6.61 Å². The van der Waals surface area contributed by atoms with E-state index in [0.717, 1.165) is 21.4 Å². The highest BCUT2D eigenvalue weighted by molar-refractivity contribution is 7.89. The number of aliphatic hydroxyl groups is 1. The predicted molar refractivity (Wildman–Crippen MR) is 164 cm³/mol. The number of nitrogens with two attached hydrogens (primary N) is 1.